The number of aromatic nitrogens is 2. The molecule has 10 heteroatoms. The molecule has 0 amide bonds. The van der Waals surface area contributed by atoms with Gasteiger partial charge < -0.3 is 10.0 Å². The molecule has 4 rings (SSSR count). The van der Waals surface area contributed by atoms with Gasteiger partial charge in [0.1, 0.15) is 11.8 Å². The van der Waals surface area contributed by atoms with Gasteiger partial charge in [0.15, 0.2) is 17.4 Å². The van der Waals surface area contributed by atoms with E-state index in [0.29, 0.717) is 31.9 Å². The molecule has 1 N–H and O–H groups in total. The van der Waals surface area contributed by atoms with Crippen LogP contribution in [-0.2, 0) is 10.0 Å². The second-order valence-corrected chi connectivity index (χ2v) is 8.65. The zero-order valence-electron chi connectivity index (χ0n) is 15.0. The molecule has 1 aliphatic rings. The molecule has 1 fully saturated rings. The summed E-state index contributed by atoms with van der Waals surface area (Å²) in [5.41, 5.74) is 1.61. The van der Waals surface area contributed by atoms with Crippen molar-refractivity contribution in [1.29, 1.82) is 0 Å². The van der Waals surface area contributed by atoms with Crippen molar-refractivity contribution >= 4 is 26.7 Å². The first kappa shape index (κ1) is 18.6. The minimum atomic E-state index is -3.19. The van der Waals surface area contributed by atoms with E-state index in [1.54, 1.807) is 12.1 Å². The predicted octanol–water partition coefficient (Wildman–Crippen LogP) is 2.09. The van der Waals surface area contributed by atoms with Gasteiger partial charge in [0, 0.05) is 43.6 Å². The standard InChI is InChI=1S/C18H18F2N4O3S/c1-28(26,27)23-8-6-22(7-9-23)12-2-4-13(5-3-12)24-11-21-15-10-14(19)18(25)16(20)17(15)24/h2-5,10-11,25H,6-9H2,1H3. The summed E-state index contributed by atoms with van der Waals surface area (Å²) >= 11 is 0. The summed E-state index contributed by atoms with van der Waals surface area (Å²) < 4.78 is 53.9. The number of anilines is 1. The summed E-state index contributed by atoms with van der Waals surface area (Å²) in [6.07, 6.45) is 2.57. The molecule has 2 aromatic carbocycles. The summed E-state index contributed by atoms with van der Waals surface area (Å²) in [7, 11) is -3.19. The van der Waals surface area contributed by atoms with Gasteiger partial charge in [0.05, 0.1) is 11.8 Å². The molecular weight excluding hydrogens is 390 g/mol. The number of benzene rings is 2. The van der Waals surface area contributed by atoms with Crippen LogP contribution in [-0.4, -0.2) is 59.8 Å². The average Bonchev–Trinajstić information content (AvgIpc) is 3.09. The lowest BCUT2D eigenvalue weighted by molar-refractivity contribution is 0.388. The lowest BCUT2D eigenvalue weighted by Gasteiger charge is -2.34. The van der Waals surface area contributed by atoms with Gasteiger partial charge in [-0.05, 0) is 24.3 Å². The molecule has 0 atom stereocenters. The van der Waals surface area contributed by atoms with Gasteiger partial charge in [-0.1, -0.05) is 0 Å². The Morgan fingerprint density at radius 2 is 1.64 bits per heavy atom. The number of phenolic OH excluding ortho intramolecular Hbond substituents is 1. The lowest BCUT2D eigenvalue weighted by Crippen LogP contribution is -2.48. The number of phenols is 1. The van der Waals surface area contributed by atoms with E-state index in [-0.39, 0.29) is 11.0 Å². The topological polar surface area (TPSA) is 78.7 Å². The van der Waals surface area contributed by atoms with Gasteiger partial charge in [0.25, 0.3) is 0 Å². The first-order chi connectivity index (χ1) is 13.3. The third-order valence-corrected chi connectivity index (χ3v) is 6.21. The zero-order valence-corrected chi connectivity index (χ0v) is 15.8. The molecule has 0 bridgehead atoms. The van der Waals surface area contributed by atoms with Crippen molar-refractivity contribution < 1.29 is 22.3 Å². The van der Waals surface area contributed by atoms with Crippen molar-refractivity contribution in [1.82, 2.24) is 13.9 Å². The molecule has 0 unspecified atom stereocenters. The van der Waals surface area contributed by atoms with Gasteiger partial charge in [-0.3, -0.25) is 4.57 Å². The Bertz CT molecular complexity index is 1140. The van der Waals surface area contributed by atoms with Crippen LogP contribution in [0.3, 0.4) is 0 Å². The van der Waals surface area contributed by atoms with E-state index in [0.717, 1.165) is 11.8 Å². The zero-order chi connectivity index (χ0) is 20.1. The van der Waals surface area contributed by atoms with Crippen LogP contribution >= 0.6 is 0 Å². The molecule has 2 heterocycles. The summed E-state index contributed by atoms with van der Waals surface area (Å²) in [5, 5.41) is 9.54. The number of nitrogens with zero attached hydrogens (tertiary/aromatic N) is 4. The summed E-state index contributed by atoms with van der Waals surface area (Å²) in [4.78, 5) is 6.07. The second-order valence-electron chi connectivity index (χ2n) is 6.67. The van der Waals surface area contributed by atoms with Gasteiger partial charge in [-0.2, -0.15) is 4.31 Å². The largest absolute Gasteiger partial charge is 0.503 e. The molecule has 3 aromatic rings. The van der Waals surface area contributed by atoms with Crippen molar-refractivity contribution in [2.75, 3.05) is 37.3 Å². The summed E-state index contributed by atoms with van der Waals surface area (Å²) in [6.45, 7) is 1.98. The molecule has 7 nitrogen and oxygen atoms in total. The van der Waals surface area contributed by atoms with E-state index in [1.165, 1.54) is 21.5 Å². The van der Waals surface area contributed by atoms with Gasteiger partial charge >= 0.3 is 0 Å². The molecule has 148 valence electrons. The van der Waals surface area contributed by atoms with Crippen molar-refractivity contribution in [3.05, 3.63) is 48.3 Å². The van der Waals surface area contributed by atoms with Gasteiger partial charge in [-0.25, -0.2) is 22.2 Å². The van der Waals surface area contributed by atoms with Crippen LogP contribution < -0.4 is 4.90 Å². The normalized spacial score (nSPS) is 16.0. The summed E-state index contributed by atoms with van der Waals surface area (Å²) in [6, 6.07) is 8.20. The predicted molar refractivity (Wildman–Crippen MR) is 101 cm³/mol. The van der Waals surface area contributed by atoms with Crippen LogP contribution in [0.2, 0.25) is 0 Å². The Balaban J connectivity index is 1.60. The van der Waals surface area contributed by atoms with Crippen LogP contribution in [0.4, 0.5) is 14.5 Å². The second kappa shape index (κ2) is 6.71. The Kier molecular flexibility index (Phi) is 4.47. The highest BCUT2D eigenvalue weighted by Crippen LogP contribution is 2.30. The van der Waals surface area contributed by atoms with Crippen LogP contribution in [0.25, 0.3) is 16.7 Å². The smallest absolute Gasteiger partial charge is 0.211 e. The molecule has 28 heavy (non-hydrogen) atoms. The Labute approximate surface area is 160 Å². The molecule has 1 aromatic heterocycles. The molecule has 0 radical (unpaired) electrons. The van der Waals surface area contributed by atoms with E-state index in [4.69, 9.17) is 0 Å². The fraction of sp³-hybridized carbons (Fsp3) is 0.278. The van der Waals surface area contributed by atoms with Crippen molar-refractivity contribution in [3.8, 4) is 11.4 Å². The fourth-order valence-electron chi connectivity index (χ4n) is 3.39. The van der Waals surface area contributed by atoms with Crippen LogP contribution in [0.1, 0.15) is 0 Å². The van der Waals surface area contributed by atoms with Crippen LogP contribution in [0, 0.1) is 11.6 Å². The number of sulfonamides is 1. The third-order valence-electron chi connectivity index (χ3n) is 4.90. The lowest BCUT2D eigenvalue weighted by atomic mass is 10.2. The number of imidazole rings is 1. The Morgan fingerprint density at radius 3 is 2.25 bits per heavy atom. The maximum Gasteiger partial charge on any atom is 0.211 e. The minimum Gasteiger partial charge on any atom is -0.503 e. The van der Waals surface area contributed by atoms with Gasteiger partial charge in [-0.15, -0.1) is 0 Å². The van der Waals surface area contributed by atoms with Crippen molar-refractivity contribution in [2.45, 2.75) is 0 Å². The Morgan fingerprint density at radius 1 is 1.04 bits per heavy atom. The highest BCUT2D eigenvalue weighted by molar-refractivity contribution is 7.88. The highest BCUT2D eigenvalue weighted by Gasteiger charge is 2.23. The van der Waals surface area contributed by atoms with E-state index in [1.807, 2.05) is 12.1 Å². The maximum absolute atomic E-state index is 14.3. The number of piperazine rings is 1. The molecule has 0 aliphatic carbocycles. The monoisotopic (exact) mass is 408 g/mol. The first-order valence-electron chi connectivity index (χ1n) is 8.60. The van der Waals surface area contributed by atoms with Crippen molar-refractivity contribution in [2.24, 2.45) is 0 Å². The number of aromatic hydroxyl groups is 1. The SMILES string of the molecule is CS(=O)(=O)N1CCN(c2ccc(-n3cnc4cc(F)c(O)c(F)c43)cc2)CC1. The quantitative estimate of drug-likeness (QED) is 0.718. The van der Waals surface area contributed by atoms with E-state index < -0.39 is 27.4 Å². The van der Waals surface area contributed by atoms with E-state index >= 15 is 0 Å². The van der Waals surface area contributed by atoms with Crippen molar-refractivity contribution in [3.63, 3.8) is 0 Å². The van der Waals surface area contributed by atoms with Crippen LogP contribution in [0.15, 0.2) is 36.7 Å². The number of halogens is 2. The fourth-order valence-corrected chi connectivity index (χ4v) is 4.22. The first-order valence-corrected chi connectivity index (χ1v) is 10.4. The number of hydrogen-bond acceptors (Lipinski definition) is 5. The maximum atomic E-state index is 14.3. The number of fused-ring (bicyclic) bond motifs is 1. The van der Waals surface area contributed by atoms with E-state index in [9.17, 15) is 22.3 Å². The molecule has 1 aliphatic heterocycles. The third kappa shape index (κ3) is 3.18. The number of hydrogen-bond donors (Lipinski definition) is 1. The number of rotatable bonds is 3. The van der Waals surface area contributed by atoms with E-state index in [2.05, 4.69) is 9.88 Å². The average molecular weight is 408 g/mol. The Hall–Kier alpha value is -2.72. The molecule has 0 saturated carbocycles. The van der Waals surface area contributed by atoms with Crippen LogP contribution in [0.5, 0.6) is 5.75 Å². The molecule has 1 saturated heterocycles. The summed E-state index contributed by atoms with van der Waals surface area (Å²) in [5.74, 6) is -3.15. The highest BCUT2D eigenvalue weighted by atomic mass is 32.2. The molecule has 0 spiro atoms. The minimum absolute atomic E-state index is 0.00610. The molecular formula is C18H18F2N4O3S. The van der Waals surface area contributed by atoms with Gasteiger partial charge in [0.2, 0.25) is 10.0 Å².